The van der Waals surface area contributed by atoms with Crippen molar-refractivity contribution in [1.29, 1.82) is 0 Å². The first-order valence-corrected chi connectivity index (χ1v) is 4.88. The number of hydrogen-bond donors (Lipinski definition) is 0. The second kappa shape index (κ2) is 3.39. The lowest BCUT2D eigenvalue weighted by Crippen LogP contribution is -2.18. The Bertz CT molecular complexity index is 294. The lowest BCUT2D eigenvalue weighted by Gasteiger charge is -2.16. The van der Waals surface area contributed by atoms with Crippen molar-refractivity contribution in [3.63, 3.8) is 0 Å². The fraction of sp³-hybridized carbons (Fsp3) is 0.750. The third kappa shape index (κ3) is 2.77. The van der Waals surface area contributed by atoms with Gasteiger partial charge in [0.25, 0.3) is 0 Å². The molecule has 0 amide bonds. The fourth-order valence-corrected chi connectivity index (χ4v) is 1.34. The molecule has 0 aliphatic carbocycles. The van der Waals surface area contributed by atoms with Gasteiger partial charge in [-0.2, -0.15) is 5.10 Å². The van der Waals surface area contributed by atoms with E-state index >= 15 is 0 Å². The first-order valence-electron chi connectivity index (χ1n) is 4.00. The Balaban J connectivity index is 2.55. The van der Waals surface area contributed by atoms with E-state index in [1.54, 1.807) is 5.51 Å². The molecular weight excluding hydrogens is 172 g/mol. The molecule has 0 N–H and O–H groups in total. The van der Waals surface area contributed by atoms with E-state index in [0.29, 0.717) is 0 Å². The van der Waals surface area contributed by atoms with E-state index in [0.717, 1.165) is 24.3 Å². The van der Waals surface area contributed by atoms with Gasteiger partial charge in [0.2, 0.25) is 0 Å². The van der Waals surface area contributed by atoms with Crippen LogP contribution in [0, 0.1) is 5.41 Å². The van der Waals surface area contributed by atoms with Gasteiger partial charge in [0, 0.05) is 6.54 Å². The van der Waals surface area contributed by atoms with Crippen LogP contribution in [0.25, 0.3) is 0 Å². The summed E-state index contributed by atoms with van der Waals surface area (Å²) in [5.41, 5.74) is 1.86. The van der Waals surface area contributed by atoms with Crippen molar-refractivity contribution < 1.29 is 0 Å². The maximum Gasteiger partial charge on any atom is 0.324 e. The number of nitrogens with zero attached hydrogens (tertiary/aromatic N) is 2. The van der Waals surface area contributed by atoms with Gasteiger partial charge in [-0.1, -0.05) is 32.1 Å². The zero-order chi connectivity index (χ0) is 9.19. The number of aryl methyl sites for hydroxylation is 1. The molecule has 0 aliphatic rings. The zero-order valence-corrected chi connectivity index (χ0v) is 8.52. The second-order valence-electron chi connectivity index (χ2n) is 4.04. The Labute approximate surface area is 76.0 Å². The summed E-state index contributed by atoms with van der Waals surface area (Å²) in [6.45, 7) is 7.20. The van der Waals surface area contributed by atoms with Gasteiger partial charge in [0.1, 0.15) is 5.51 Å². The van der Waals surface area contributed by atoms with Gasteiger partial charge in [0.05, 0.1) is 0 Å². The van der Waals surface area contributed by atoms with E-state index in [1.807, 2.05) is 0 Å². The molecule has 0 atom stereocenters. The summed E-state index contributed by atoms with van der Waals surface area (Å²) in [7, 11) is 0. The minimum Gasteiger partial charge on any atom is -0.255 e. The van der Waals surface area contributed by atoms with Crippen LogP contribution in [0.4, 0.5) is 0 Å². The lowest BCUT2D eigenvalue weighted by molar-refractivity contribution is 0.339. The Morgan fingerprint density at radius 3 is 2.67 bits per heavy atom. The van der Waals surface area contributed by atoms with Crippen LogP contribution in [-0.2, 0) is 6.54 Å². The van der Waals surface area contributed by atoms with Crippen molar-refractivity contribution in [2.45, 2.75) is 33.7 Å². The van der Waals surface area contributed by atoms with Gasteiger partial charge in [-0.05, 0) is 11.8 Å². The van der Waals surface area contributed by atoms with Gasteiger partial charge >= 0.3 is 4.87 Å². The third-order valence-corrected chi connectivity index (χ3v) is 2.24. The average molecular weight is 186 g/mol. The normalized spacial score (nSPS) is 11.9. The minimum absolute atomic E-state index is 0.0410. The predicted octanol–water partition coefficient (Wildman–Crippen LogP) is 1.74. The highest BCUT2D eigenvalue weighted by atomic mass is 32.1. The summed E-state index contributed by atoms with van der Waals surface area (Å²) in [6.07, 6.45) is 0.983. The molecule has 0 fully saturated rings. The standard InChI is InChI=1S/C8H14N2OS/c1-8(2,3)4-5-10-7(11)12-6-9-10/h6H,4-5H2,1-3H3. The van der Waals surface area contributed by atoms with E-state index in [2.05, 4.69) is 25.9 Å². The van der Waals surface area contributed by atoms with Crippen LogP contribution in [0.15, 0.2) is 10.3 Å². The van der Waals surface area contributed by atoms with Crippen LogP contribution in [0.3, 0.4) is 0 Å². The average Bonchev–Trinajstić information content (AvgIpc) is 2.29. The molecule has 0 unspecified atom stereocenters. The van der Waals surface area contributed by atoms with E-state index in [1.165, 1.54) is 4.68 Å². The lowest BCUT2D eigenvalue weighted by atomic mass is 9.92. The van der Waals surface area contributed by atoms with Gasteiger partial charge in [0.15, 0.2) is 0 Å². The van der Waals surface area contributed by atoms with Gasteiger partial charge in [-0.15, -0.1) is 0 Å². The van der Waals surface area contributed by atoms with Crippen molar-refractivity contribution in [1.82, 2.24) is 9.78 Å². The summed E-state index contributed by atoms with van der Waals surface area (Å²) in [6, 6.07) is 0. The molecule has 3 nitrogen and oxygen atoms in total. The van der Waals surface area contributed by atoms with Crippen molar-refractivity contribution in [3.8, 4) is 0 Å². The molecule has 0 radical (unpaired) electrons. The Morgan fingerprint density at radius 1 is 1.58 bits per heavy atom. The molecule has 1 rings (SSSR count). The molecule has 1 aromatic rings. The first kappa shape index (κ1) is 9.45. The molecule has 0 saturated carbocycles. The highest BCUT2D eigenvalue weighted by Crippen LogP contribution is 2.18. The molecule has 1 heterocycles. The fourth-order valence-electron chi connectivity index (χ4n) is 0.824. The monoisotopic (exact) mass is 186 g/mol. The van der Waals surface area contributed by atoms with E-state index < -0.39 is 0 Å². The van der Waals surface area contributed by atoms with Crippen molar-refractivity contribution in [3.05, 3.63) is 15.2 Å². The molecule has 1 aromatic heterocycles. The summed E-state index contributed by atoms with van der Waals surface area (Å²) >= 11 is 1.15. The summed E-state index contributed by atoms with van der Waals surface area (Å²) < 4.78 is 1.52. The van der Waals surface area contributed by atoms with E-state index in [-0.39, 0.29) is 10.3 Å². The second-order valence-corrected chi connectivity index (χ2v) is 4.83. The van der Waals surface area contributed by atoms with E-state index in [9.17, 15) is 4.79 Å². The smallest absolute Gasteiger partial charge is 0.255 e. The molecule has 4 heteroatoms. The van der Waals surface area contributed by atoms with Crippen molar-refractivity contribution >= 4 is 11.3 Å². The topological polar surface area (TPSA) is 34.9 Å². The van der Waals surface area contributed by atoms with Gasteiger partial charge in [-0.25, -0.2) is 4.68 Å². The highest BCUT2D eigenvalue weighted by Gasteiger charge is 2.10. The van der Waals surface area contributed by atoms with Gasteiger partial charge < -0.3 is 0 Å². The SMILES string of the molecule is CC(C)(C)CCn1ncsc1=O. The van der Waals surface area contributed by atoms with Crippen molar-refractivity contribution in [2.24, 2.45) is 5.41 Å². The van der Waals surface area contributed by atoms with Crippen LogP contribution in [0.5, 0.6) is 0 Å². The highest BCUT2D eigenvalue weighted by molar-refractivity contribution is 7.06. The predicted molar refractivity (Wildman–Crippen MR) is 50.4 cm³/mol. The molecular formula is C8H14N2OS. The van der Waals surface area contributed by atoms with Crippen molar-refractivity contribution in [2.75, 3.05) is 0 Å². The summed E-state index contributed by atoms with van der Waals surface area (Å²) in [5, 5.41) is 3.94. The van der Waals surface area contributed by atoms with E-state index in [4.69, 9.17) is 0 Å². The zero-order valence-electron chi connectivity index (χ0n) is 7.70. The maximum atomic E-state index is 11.1. The molecule has 0 aliphatic heterocycles. The largest absolute Gasteiger partial charge is 0.324 e. The Hall–Kier alpha value is -0.640. The van der Waals surface area contributed by atoms with Gasteiger partial charge in [-0.3, -0.25) is 4.79 Å². The summed E-state index contributed by atoms with van der Waals surface area (Å²) in [5.74, 6) is 0. The van der Waals surface area contributed by atoms with Crippen LogP contribution in [0.2, 0.25) is 0 Å². The Morgan fingerprint density at radius 2 is 2.25 bits per heavy atom. The summed E-state index contributed by atoms with van der Waals surface area (Å²) in [4.78, 5) is 11.1. The molecule has 68 valence electrons. The number of hydrogen-bond acceptors (Lipinski definition) is 3. The number of rotatable bonds is 2. The first-order chi connectivity index (χ1) is 5.49. The quantitative estimate of drug-likeness (QED) is 0.705. The molecule has 12 heavy (non-hydrogen) atoms. The van der Waals surface area contributed by atoms with Crippen LogP contribution in [0.1, 0.15) is 27.2 Å². The minimum atomic E-state index is 0.0410. The maximum absolute atomic E-state index is 11.1. The van der Waals surface area contributed by atoms with Crippen LogP contribution >= 0.6 is 11.3 Å². The molecule has 0 bridgehead atoms. The molecule has 0 saturated heterocycles. The third-order valence-electron chi connectivity index (χ3n) is 1.62. The molecule has 0 aromatic carbocycles. The Kier molecular flexibility index (Phi) is 2.67. The van der Waals surface area contributed by atoms with Crippen LogP contribution < -0.4 is 4.87 Å². The number of aromatic nitrogens is 2. The molecule has 0 spiro atoms. The van der Waals surface area contributed by atoms with Crippen LogP contribution in [-0.4, -0.2) is 9.78 Å².